The van der Waals surface area contributed by atoms with E-state index >= 15 is 8.78 Å². The van der Waals surface area contributed by atoms with Crippen molar-refractivity contribution < 1.29 is 46.5 Å². The highest BCUT2D eigenvalue weighted by Gasteiger charge is 2.46. The maximum absolute atomic E-state index is 15.3. The summed E-state index contributed by atoms with van der Waals surface area (Å²) in [5.41, 5.74) is -3.65. The number of hydrogen-bond donors (Lipinski definition) is 2. The molecular formula is C30H39F3N2O7. The monoisotopic (exact) mass is 596 g/mol. The number of hydrogen-bond acceptors (Lipinski definition) is 7. The third kappa shape index (κ3) is 12.1. The summed E-state index contributed by atoms with van der Waals surface area (Å²) in [6.07, 6.45) is -8.35. The summed E-state index contributed by atoms with van der Waals surface area (Å²) in [5.74, 6) is -1.35. The zero-order chi connectivity index (χ0) is 31.4. The van der Waals surface area contributed by atoms with Crippen LogP contribution in [-0.4, -0.2) is 60.6 Å². The molecule has 2 aromatic carbocycles. The van der Waals surface area contributed by atoms with Crippen LogP contribution in [0.2, 0.25) is 0 Å². The third-order valence-electron chi connectivity index (χ3n) is 5.71. The van der Waals surface area contributed by atoms with Crippen LogP contribution < -0.4 is 10.6 Å². The predicted molar refractivity (Wildman–Crippen MR) is 149 cm³/mol. The van der Waals surface area contributed by atoms with Crippen molar-refractivity contribution >= 4 is 18.1 Å². The lowest BCUT2D eigenvalue weighted by Crippen LogP contribution is -2.55. The number of amides is 3. The van der Waals surface area contributed by atoms with Gasteiger partial charge in [-0.3, -0.25) is 10.1 Å². The molecule has 0 saturated carbocycles. The fraction of sp³-hybridized carbons (Fsp3) is 0.500. The molecule has 42 heavy (non-hydrogen) atoms. The molecule has 232 valence electrons. The summed E-state index contributed by atoms with van der Waals surface area (Å²) in [5, 5.41) is 4.28. The Bertz CT molecular complexity index is 1150. The molecule has 3 amide bonds. The lowest BCUT2D eigenvalue weighted by Gasteiger charge is -2.33. The summed E-state index contributed by atoms with van der Waals surface area (Å²) in [7, 11) is 0. The van der Waals surface area contributed by atoms with Gasteiger partial charge in [-0.15, -0.1) is 0 Å². The number of rotatable bonds is 14. The van der Waals surface area contributed by atoms with E-state index in [4.69, 9.17) is 18.9 Å². The molecule has 0 saturated heterocycles. The fourth-order valence-corrected chi connectivity index (χ4v) is 3.56. The summed E-state index contributed by atoms with van der Waals surface area (Å²) in [6.45, 7) is 5.41. The van der Waals surface area contributed by atoms with Crippen molar-refractivity contribution in [3.8, 4) is 0 Å². The Morgan fingerprint density at radius 3 is 1.90 bits per heavy atom. The summed E-state index contributed by atoms with van der Waals surface area (Å²) < 4.78 is 65.7. The minimum atomic E-state index is -2.65. The van der Waals surface area contributed by atoms with E-state index in [-0.39, 0.29) is 19.8 Å². The normalized spacial score (nSPS) is 14.7. The summed E-state index contributed by atoms with van der Waals surface area (Å²) >= 11 is 0. The average molecular weight is 597 g/mol. The molecule has 0 fully saturated rings. The van der Waals surface area contributed by atoms with Crippen LogP contribution in [0.15, 0.2) is 60.7 Å². The SMILES string of the molecule is CC(C)(C)OC(=O)NCC(C)(C)OC(F)C(F)C[C@@](CF)(OCc1ccccc1)C(=O)NC(=O)OCc1ccccc1. The molecule has 0 spiro atoms. The molecule has 3 atom stereocenters. The van der Waals surface area contributed by atoms with E-state index in [9.17, 15) is 18.8 Å². The van der Waals surface area contributed by atoms with Crippen LogP contribution in [0.3, 0.4) is 0 Å². The average Bonchev–Trinajstić information content (AvgIpc) is 2.93. The Morgan fingerprint density at radius 2 is 1.38 bits per heavy atom. The van der Waals surface area contributed by atoms with Crippen LogP contribution >= 0.6 is 0 Å². The number of benzene rings is 2. The van der Waals surface area contributed by atoms with Crippen LogP contribution in [0, 0.1) is 0 Å². The molecule has 2 N–H and O–H groups in total. The van der Waals surface area contributed by atoms with Gasteiger partial charge in [0.2, 0.25) is 6.36 Å². The molecule has 9 nitrogen and oxygen atoms in total. The van der Waals surface area contributed by atoms with E-state index < -0.39 is 60.5 Å². The molecule has 2 rings (SSSR count). The van der Waals surface area contributed by atoms with Crippen molar-refractivity contribution in [3.05, 3.63) is 71.8 Å². The van der Waals surface area contributed by atoms with Crippen LogP contribution in [0.5, 0.6) is 0 Å². The van der Waals surface area contributed by atoms with E-state index in [0.717, 1.165) is 0 Å². The number of ether oxygens (including phenoxy) is 4. The van der Waals surface area contributed by atoms with Gasteiger partial charge in [0.05, 0.1) is 12.2 Å². The first-order valence-corrected chi connectivity index (χ1v) is 13.3. The van der Waals surface area contributed by atoms with Crippen molar-refractivity contribution in [2.75, 3.05) is 13.2 Å². The molecule has 0 aliphatic heterocycles. The van der Waals surface area contributed by atoms with Gasteiger partial charge in [-0.1, -0.05) is 60.7 Å². The lowest BCUT2D eigenvalue weighted by atomic mass is 9.96. The van der Waals surface area contributed by atoms with Gasteiger partial charge in [0.1, 0.15) is 18.9 Å². The Kier molecular flexibility index (Phi) is 12.8. The van der Waals surface area contributed by atoms with Gasteiger partial charge in [-0.25, -0.2) is 22.8 Å². The van der Waals surface area contributed by atoms with Crippen molar-refractivity contribution in [1.29, 1.82) is 0 Å². The van der Waals surface area contributed by atoms with E-state index in [1.165, 1.54) is 13.8 Å². The lowest BCUT2D eigenvalue weighted by molar-refractivity contribution is -0.182. The largest absolute Gasteiger partial charge is 0.444 e. The highest BCUT2D eigenvalue weighted by Crippen LogP contribution is 2.28. The highest BCUT2D eigenvalue weighted by molar-refractivity contribution is 5.97. The van der Waals surface area contributed by atoms with Gasteiger partial charge in [0.15, 0.2) is 11.8 Å². The van der Waals surface area contributed by atoms with Crippen LogP contribution in [-0.2, 0) is 37.0 Å². The van der Waals surface area contributed by atoms with Gasteiger partial charge < -0.3 is 24.3 Å². The molecule has 2 aromatic rings. The maximum Gasteiger partial charge on any atom is 0.414 e. The first-order valence-electron chi connectivity index (χ1n) is 13.3. The van der Waals surface area contributed by atoms with Crippen LogP contribution in [0.1, 0.15) is 52.2 Å². The molecule has 0 radical (unpaired) electrons. The number of carbonyl (C=O) groups excluding carboxylic acids is 3. The Labute approximate surface area is 244 Å². The number of alkyl carbamates (subject to hydrolysis) is 2. The maximum atomic E-state index is 15.3. The first kappa shape index (κ1) is 34.6. The van der Waals surface area contributed by atoms with Crippen molar-refractivity contribution in [2.24, 2.45) is 0 Å². The zero-order valence-electron chi connectivity index (χ0n) is 24.5. The highest BCUT2D eigenvalue weighted by atomic mass is 19.2. The number of nitrogens with one attached hydrogen (secondary N) is 2. The third-order valence-corrected chi connectivity index (χ3v) is 5.71. The second-order valence-electron chi connectivity index (χ2n) is 11.2. The molecule has 0 heterocycles. The van der Waals surface area contributed by atoms with Gasteiger partial charge in [-0.05, 0) is 45.7 Å². The van der Waals surface area contributed by atoms with E-state index in [1.807, 2.05) is 5.32 Å². The molecule has 0 bridgehead atoms. The van der Waals surface area contributed by atoms with Crippen LogP contribution in [0.4, 0.5) is 22.8 Å². The Hall–Kier alpha value is -3.64. The first-order chi connectivity index (χ1) is 19.6. The molecular weight excluding hydrogens is 557 g/mol. The van der Waals surface area contributed by atoms with E-state index in [1.54, 1.807) is 81.4 Å². The van der Waals surface area contributed by atoms with Crippen molar-refractivity contribution in [3.63, 3.8) is 0 Å². The number of alkyl halides is 3. The Balaban J connectivity index is 2.11. The molecule has 0 aromatic heterocycles. The minimum Gasteiger partial charge on any atom is -0.444 e. The van der Waals surface area contributed by atoms with Gasteiger partial charge in [0.25, 0.3) is 5.91 Å². The second-order valence-corrected chi connectivity index (χ2v) is 11.2. The number of imide groups is 1. The van der Waals surface area contributed by atoms with Gasteiger partial charge in [-0.2, -0.15) is 0 Å². The Morgan fingerprint density at radius 1 is 0.833 bits per heavy atom. The van der Waals surface area contributed by atoms with Crippen molar-refractivity contribution in [2.45, 2.75) is 83.6 Å². The topological polar surface area (TPSA) is 112 Å². The molecule has 0 aliphatic carbocycles. The number of halogens is 3. The standard InChI is InChI=1S/C30H39F3N2O7/c1-28(2,3)42-26(37)34-20-29(4,5)41-24(33)23(32)16-30(19-31,40-18-22-14-10-7-11-15-22)25(36)35-27(38)39-17-21-12-8-6-9-13-21/h6-15,23-24H,16-20H2,1-5H3,(H,34,37)(H,35,36,38)/t23?,24?,30-/m0/s1. The zero-order valence-corrected chi connectivity index (χ0v) is 24.5. The molecule has 2 unspecified atom stereocenters. The van der Waals surface area contributed by atoms with Crippen molar-refractivity contribution in [1.82, 2.24) is 10.6 Å². The minimum absolute atomic E-state index is 0.188. The second kappa shape index (κ2) is 15.5. The number of carbonyl (C=O) groups is 3. The van der Waals surface area contributed by atoms with Gasteiger partial charge in [0, 0.05) is 13.0 Å². The fourth-order valence-electron chi connectivity index (χ4n) is 3.56. The summed E-state index contributed by atoms with van der Waals surface area (Å²) in [6, 6.07) is 16.9. The quantitative estimate of drug-likeness (QED) is 0.287. The molecule has 0 aliphatic rings. The van der Waals surface area contributed by atoms with Crippen LogP contribution in [0.25, 0.3) is 0 Å². The predicted octanol–water partition coefficient (Wildman–Crippen LogP) is 5.71. The van der Waals surface area contributed by atoms with E-state index in [0.29, 0.717) is 11.1 Å². The molecule has 12 heteroatoms. The smallest absolute Gasteiger partial charge is 0.414 e. The van der Waals surface area contributed by atoms with Gasteiger partial charge >= 0.3 is 12.2 Å². The summed E-state index contributed by atoms with van der Waals surface area (Å²) in [4.78, 5) is 37.4. The van der Waals surface area contributed by atoms with E-state index in [2.05, 4.69) is 5.32 Å².